The Kier molecular flexibility index (Phi) is 8.13. The molecule has 0 atom stereocenters. The number of fused-ring (bicyclic) bond motifs is 1. The van der Waals surface area contributed by atoms with Crippen molar-refractivity contribution in [3.8, 4) is 34.0 Å². The standard InChI is InChI=1S/C26H22Cl2FN5.CH4O3S/c1-26(2,3)13-34-14-30-20-12-11-19(31-25(20)34)23-22(15-7-9-16(29)10-8-15)32-24(33-23)21-17(27)5-4-6-18(21)28;1-5(2,3)4/h4-12,14H,13H2,1-3H3,(H,32,33);1H3,(H,2,3,4). The van der Waals surface area contributed by atoms with Crippen LogP contribution in [-0.4, -0.2) is 43.7 Å². The molecule has 2 aromatic carbocycles. The van der Waals surface area contributed by atoms with Crippen LogP contribution in [0.5, 0.6) is 0 Å². The third-order valence-corrected chi connectivity index (χ3v) is 6.01. The van der Waals surface area contributed by atoms with Crippen LogP contribution in [-0.2, 0) is 16.7 Å². The summed E-state index contributed by atoms with van der Waals surface area (Å²) in [6, 6.07) is 15.3. The van der Waals surface area contributed by atoms with Crippen molar-refractivity contribution in [2.24, 2.45) is 5.41 Å². The molecule has 0 fully saturated rings. The molecule has 0 unspecified atom stereocenters. The summed E-state index contributed by atoms with van der Waals surface area (Å²) in [4.78, 5) is 17.6. The highest BCUT2D eigenvalue weighted by molar-refractivity contribution is 7.85. The van der Waals surface area contributed by atoms with Crippen molar-refractivity contribution >= 4 is 44.5 Å². The van der Waals surface area contributed by atoms with E-state index >= 15 is 0 Å². The highest BCUT2D eigenvalue weighted by Gasteiger charge is 2.21. The average molecular weight is 591 g/mol. The van der Waals surface area contributed by atoms with Crippen molar-refractivity contribution in [1.29, 1.82) is 0 Å². The number of rotatable bonds is 4. The van der Waals surface area contributed by atoms with Gasteiger partial charge in [0.05, 0.1) is 45.3 Å². The fraction of sp³-hybridized carbons (Fsp3) is 0.222. The molecule has 0 radical (unpaired) electrons. The van der Waals surface area contributed by atoms with E-state index < -0.39 is 10.1 Å². The highest BCUT2D eigenvalue weighted by Crippen LogP contribution is 2.38. The molecule has 0 spiro atoms. The van der Waals surface area contributed by atoms with Gasteiger partial charge in [0.2, 0.25) is 0 Å². The molecule has 0 saturated carbocycles. The van der Waals surface area contributed by atoms with Crippen molar-refractivity contribution in [3.63, 3.8) is 0 Å². The number of hydrogen-bond donors (Lipinski definition) is 2. The number of nitrogens with zero attached hydrogens (tertiary/aromatic N) is 4. The molecule has 0 amide bonds. The van der Waals surface area contributed by atoms with E-state index in [9.17, 15) is 12.8 Å². The lowest BCUT2D eigenvalue weighted by Crippen LogP contribution is -2.15. The first-order valence-corrected chi connectivity index (χ1v) is 14.3. The molecule has 204 valence electrons. The zero-order valence-electron chi connectivity index (χ0n) is 21.6. The van der Waals surface area contributed by atoms with Gasteiger partial charge in [-0.05, 0) is 53.9 Å². The van der Waals surface area contributed by atoms with E-state index in [4.69, 9.17) is 37.7 Å². The van der Waals surface area contributed by atoms with Gasteiger partial charge in [-0.1, -0.05) is 50.0 Å². The molecule has 3 heterocycles. The third-order valence-electron chi connectivity index (χ3n) is 5.38. The number of halogens is 3. The van der Waals surface area contributed by atoms with E-state index in [2.05, 4.69) is 35.3 Å². The fourth-order valence-corrected chi connectivity index (χ4v) is 4.50. The first-order valence-electron chi connectivity index (χ1n) is 11.7. The monoisotopic (exact) mass is 589 g/mol. The number of benzene rings is 2. The van der Waals surface area contributed by atoms with Gasteiger partial charge < -0.3 is 9.55 Å². The van der Waals surface area contributed by atoms with Gasteiger partial charge in [-0.3, -0.25) is 4.55 Å². The Labute approximate surface area is 235 Å². The normalized spacial score (nSPS) is 11.9. The minimum Gasteiger partial charge on any atom is -0.336 e. The Morgan fingerprint density at radius 3 is 2.21 bits per heavy atom. The lowest BCUT2D eigenvalue weighted by atomic mass is 9.97. The number of aromatic nitrogens is 5. The predicted molar refractivity (Wildman–Crippen MR) is 153 cm³/mol. The second-order valence-electron chi connectivity index (χ2n) is 10.1. The first-order chi connectivity index (χ1) is 18.2. The topological polar surface area (TPSA) is 114 Å². The third kappa shape index (κ3) is 7.21. The van der Waals surface area contributed by atoms with E-state index in [-0.39, 0.29) is 11.2 Å². The minimum absolute atomic E-state index is 0.0621. The largest absolute Gasteiger partial charge is 0.336 e. The van der Waals surface area contributed by atoms with Crippen molar-refractivity contribution in [2.75, 3.05) is 6.26 Å². The molecule has 39 heavy (non-hydrogen) atoms. The smallest absolute Gasteiger partial charge is 0.261 e. The van der Waals surface area contributed by atoms with Crippen molar-refractivity contribution in [3.05, 3.63) is 76.8 Å². The Morgan fingerprint density at radius 1 is 1.00 bits per heavy atom. The zero-order chi connectivity index (χ0) is 28.5. The van der Waals surface area contributed by atoms with Crippen molar-refractivity contribution in [1.82, 2.24) is 24.5 Å². The number of hydrogen-bond acceptors (Lipinski definition) is 5. The highest BCUT2D eigenvalue weighted by atomic mass is 35.5. The molecule has 5 aromatic rings. The maximum Gasteiger partial charge on any atom is 0.261 e. The van der Waals surface area contributed by atoms with E-state index in [1.165, 1.54) is 12.1 Å². The van der Waals surface area contributed by atoms with Crippen LogP contribution in [0.15, 0.2) is 60.9 Å². The minimum atomic E-state index is -3.67. The van der Waals surface area contributed by atoms with E-state index in [0.29, 0.717) is 44.8 Å². The molecule has 0 saturated heterocycles. The lowest BCUT2D eigenvalue weighted by molar-refractivity contribution is 0.347. The average Bonchev–Trinajstić information content (AvgIpc) is 3.42. The van der Waals surface area contributed by atoms with Gasteiger partial charge in [0.1, 0.15) is 17.2 Å². The predicted octanol–water partition coefficient (Wildman–Crippen LogP) is 7.15. The second-order valence-corrected chi connectivity index (χ2v) is 12.4. The Bertz CT molecular complexity index is 1720. The van der Waals surface area contributed by atoms with Crippen LogP contribution in [0.2, 0.25) is 10.0 Å². The summed E-state index contributed by atoms with van der Waals surface area (Å²) in [5, 5.41) is 0.954. The van der Waals surface area contributed by atoms with Gasteiger partial charge >= 0.3 is 0 Å². The van der Waals surface area contributed by atoms with Crippen LogP contribution < -0.4 is 0 Å². The summed E-state index contributed by atoms with van der Waals surface area (Å²) in [7, 11) is -3.67. The summed E-state index contributed by atoms with van der Waals surface area (Å²) < 4.78 is 41.6. The van der Waals surface area contributed by atoms with Crippen LogP contribution in [0, 0.1) is 11.2 Å². The number of H-pyrrole nitrogens is 1. The fourth-order valence-electron chi connectivity index (χ4n) is 3.92. The summed E-state index contributed by atoms with van der Waals surface area (Å²) in [6.07, 6.45) is 2.53. The SMILES string of the molecule is CC(C)(C)Cn1cnc2ccc(-c3[nH]c(-c4c(Cl)cccc4Cl)nc3-c3ccc(F)cc3)nc21.CS(=O)(=O)O. The maximum atomic E-state index is 13.6. The summed E-state index contributed by atoms with van der Waals surface area (Å²) >= 11 is 12.9. The Hall–Kier alpha value is -3.31. The second kappa shape index (κ2) is 11.1. The molecule has 2 N–H and O–H groups in total. The van der Waals surface area contributed by atoms with Crippen molar-refractivity contribution < 1.29 is 17.4 Å². The molecule has 0 aliphatic carbocycles. The van der Waals surface area contributed by atoms with Gasteiger partial charge in [0.25, 0.3) is 10.1 Å². The van der Waals surface area contributed by atoms with Gasteiger partial charge in [0, 0.05) is 12.1 Å². The summed E-state index contributed by atoms with van der Waals surface area (Å²) in [6.45, 7) is 7.28. The lowest BCUT2D eigenvalue weighted by Gasteiger charge is -2.18. The van der Waals surface area contributed by atoms with E-state index in [1.807, 2.05) is 18.5 Å². The van der Waals surface area contributed by atoms with E-state index in [1.54, 1.807) is 30.3 Å². The molecule has 0 bridgehead atoms. The van der Waals surface area contributed by atoms with E-state index in [0.717, 1.165) is 23.3 Å². The van der Waals surface area contributed by atoms with Crippen LogP contribution in [0.3, 0.4) is 0 Å². The Morgan fingerprint density at radius 2 is 1.62 bits per heavy atom. The molecule has 8 nitrogen and oxygen atoms in total. The summed E-state index contributed by atoms with van der Waals surface area (Å²) in [5.74, 6) is 0.191. The van der Waals surface area contributed by atoms with Gasteiger partial charge in [-0.25, -0.2) is 19.3 Å². The van der Waals surface area contributed by atoms with Gasteiger partial charge in [-0.15, -0.1) is 0 Å². The number of pyridine rings is 1. The quantitative estimate of drug-likeness (QED) is 0.215. The molecule has 5 rings (SSSR count). The molecule has 0 aliphatic rings. The van der Waals surface area contributed by atoms with Gasteiger partial charge in [-0.2, -0.15) is 8.42 Å². The molecular weight excluding hydrogens is 564 g/mol. The maximum absolute atomic E-state index is 13.6. The molecule has 0 aliphatic heterocycles. The molecular formula is C27H26Cl2FN5O3S. The van der Waals surface area contributed by atoms with Crippen LogP contribution in [0.4, 0.5) is 4.39 Å². The van der Waals surface area contributed by atoms with Crippen LogP contribution >= 0.6 is 23.2 Å². The number of nitrogens with one attached hydrogen (secondary N) is 1. The first kappa shape index (κ1) is 28.7. The molecule has 3 aromatic heterocycles. The van der Waals surface area contributed by atoms with Crippen LogP contribution in [0.1, 0.15) is 20.8 Å². The van der Waals surface area contributed by atoms with Crippen LogP contribution in [0.25, 0.3) is 45.2 Å². The Balaban J connectivity index is 0.000000648. The number of aromatic amines is 1. The zero-order valence-corrected chi connectivity index (χ0v) is 23.9. The van der Waals surface area contributed by atoms with Crippen molar-refractivity contribution in [2.45, 2.75) is 27.3 Å². The summed E-state index contributed by atoms with van der Waals surface area (Å²) in [5.41, 5.74) is 4.99. The van der Waals surface area contributed by atoms with Gasteiger partial charge in [0.15, 0.2) is 5.65 Å². The number of imidazole rings is 2. The molecule has 12 heteroatoms.